The van der Waals surface area contributed by atoms with Crippen LogP contribution < -0.4 is 10.6 Å². The fraction of sp³-hybridized carbons (Fsp3) is 0.217. The van der Waals surface area contributed by atoms with Gasteiger partial charge < -0.3 is 15.1 Å². The fourth-order valence-electron chi connectivity index (χ4n) is 3.38. The number of carbonyl (C=O) groups is 2. The van der Waals surface area contributed by atoms with Crippen LogP contribution in [0.15, 0.2) is 77.4 Å². The number of nitrogens with one attached hydrogen (secondary N) is 2. The highest BCUT2D eigenvalue weighted by atomic mass is 16.3. The highest BCUT2D eigenvalue weighted by Gasteiger charge is 2.46. The largest absolute Gasteiger partial charge is 0.469 e. The Kier molecular flexibility index (Phi) is 4.98. The lowest BCUT2D eigenvalue weighted by atomic mass is 10.1. The van der Waals surface area contributed by atoms with E-state index in [1.807, 2.05) is 61.5 Å². The zero-order chi connectivity index (χ0) is 19.5. The zero-order valence-corrected chi connectivity index (χ0v) is 15.6. The molecule has 2 N–H and O–H groups in total. The molecule has 142 valence electrons. The van der Waals surface area contributed by atoms with Crippen molar-refractivity contribution in [2.24, 2.45) is 5.92 Å². The summed E-state index contributed by atoms with van der Waals surface area (Å²) in [5, 5.41) is 5.97. The van der Waals surface area contributed by atoms with E-state index in [1.54, 1.807) is 18.4 Å². The molecule has 1 aliphatic rings. The molecular weight excluding hydrogens is 352 g/mol. The van der Waals surface area contributed by atoms with Crippen LogP contribution in [0.2, 0.25) is 0 Å². The molecule has 1 aliphatic carbocycles. The van der Waals surface area contributed by atoms with Crippen molar-refractivity contribution >= 4 is 17.5 Å². The molecule has 28 heavy (non-hydrogen) atoms. The Bertz CT molecular complexity index is 967. The van der Waals surface area contributed by atoms with Crippen LogP contribution in [-0.2, 0) is 4.79 Å². The molecule has 1 heterocycles. The summed E-state index contributed by atoms with van der Waals surface area (Å²) in [7, 11) is 0. The minimum Gasteiger partial charge on any atom is -0.469 e. The quantitative estimate of drug-likeness (QED) is 0.667. The third-order valence-corrected chi connectivity index (χ3v) is 5.08. The van der Waals surface area contributed by atoms with Crippen molar-refractivity contribution in [2.75, 3.05) is 5.32 Å². The predicted molar refractivity (Wildman–Crippen MR) is 107 cm³/mol. The van der Waals surface area contributed by atoms with Crippen LogP contribution >= 0.6 is 0 Å². The van der Waals surface area contributed by atoms with E-state index in [1.165, 1.54) is 0 Å². The summed E-state index contributed by atoms with van der Waals surface area (Å²) in [6.07, 6.45) is 2.46. The second-order valence-electron chi connectivity index (χ2n) is 7.14. The third kappa shape index (κ3) is 3.98. The SMILES string of the molecule is CC(NC(=O)C1CC1c1ccco1)c1cccc(NC(=O)c2ccccc2)c1. The van der Waals surface area contributed by atoms with Gasteiger partial charge in [-0.1, -0.05) is 30.3 Å². The van der Waals surface area contributed by atoms with Gasteiger partial charge in [-0.2, -0.15) is 0 Å². The molecule has 2 aromatic carbocycles. The van der Waals surface area contributed by atoms with Crippen molar-refractivity contribution in [3.63, 3.8) is 0 Å². The summed E-state index contributed by atoms with van der Waals surface area (Å²) in [5.41, 5.74) is 2.24. The molecule has 2 amide bonds. The topological polar surface area (TPSA) is 71.3 Å². The van der Waals surface area contributed by atoms with Gasteiger partial charge in [0.15, 0.2) is 0 Å². The van der Waals surface area contributed by atoms with Crippen molar-refractivity contribution in [1.82, 2.24) is 5.32 Å². The van der Waals surface area contributed by atoms with E-state index < -0.39 is 0 Å². The summed E-state index contributed by atoms with van der Waals surface area (Å²) in [6, 6.07) is 20.2. The minimum atomic E-state index is -0.159. The van der Waals surface area contributed by atoms with Gasteiger partial charge in [-0.25, -0.2) is 0 Å². The maximum atomic E-state index is 12.5. The van der Waals surface area contributed by atoms with Crippen LogP contribution in [0, 0.1) is 5.92 Å². The highest BCUT2D eigenvalue weighted by molar-refractivity contribution is 6.04. The standard InChI is InChI=1S/C23H22N2O3/c1-15(24-23(27)20-14-19(20)21-11-6-12-28-21)17-9-5-10-18(13-17)25-22(26)16-7-3-2-4-8-16/h2-13,15,19-20H,14H2,1H3,(H,24,27)(H,25,26). The molecule has 0 aliphatic heterocycles. The number of benzene rings is 2. The summed E-state index contributed by atoms with van der Waals surface area (Å²) in [4.78, 5) is 24.8. The summed E-state index contributed by atoms with van der Waals surface area (Å²) in [5.74, 6) is 0.896. The zero-order valence-electron chi connectivity index (χ0n) is 15.6. The molecule has 5 heteroatoms. The van der Waals surface area contributed by atoms with Crippen molar-refractivity contribution < 1.29 is 14.0 Å². The number of furan rings is 1. The molecule has 3 atom stereocenters. The lowest BCUT2D eigenvalue weighted by Gasteiger charge is -2.16. The average Bonchev–Trinajstić information content (AvgIpc) is 3.34. The van der Waals surface area contributed by atoms with E-state index in [0.717, 1.165) is 17.7 Å². The molecule has 0 saturated heterocycles. The van der Waals surface area contributed by atoms with Crippen LogP contribution in [0.1, 0.15) is 47.0 Å². The molecule has 1 saturated carbocycles. The Morgan fingerprint density at radius 2 is 1.86 bits per heavy atom. The Morgan fingerprint density at radius 1 is 1.04 bits per heavy atom. The van der Waals surface area contributed by atoms with Crippen molar-refractivity contribution in [3.8, 4) is 0 Å². The lowest BCUT2D eigenvalue weighted by Crippen LogP contribution is -2.28. The first-order valence-corrected chi connectivity index (χ1v) is 9.42. The normalized spacial score (nSPS) is 18.9. The summed E-state index contributed by atoms with van der Waals surface area (Å²) < 4.78 is 5.40. The van der Waals surface area contributed by atoms with Crippen LogP contribution in [0.5, 0.6) is 0 Å². The molecule has 0 bridgehead atoms. The van der Waals surface area contributed by atoms with E-state index in [-0.39, 0.29) is 29.7 Å². The first kappa shape index (κ1) is 18.0. The van der Waals surface area contributed by atoms with Gasteiger partial charge in [0.2, 0.25) is 5.91 Å². The number of carbonyl (C=O) groups excluding carboxylic acids is 2. The summed E-state index contributed by atoms with van der Waals surface area (Å²) >= 11 is 0. The summed E-state index contributed by atoms with van der Waals surface area (Å²) in [6.45, 7) is 1.94. The number of anilines is 1. The van der Waals surface area contributed by atoms with E-state index in [0.29, 0.717) is 11.3 Å². The van der Waals surface area contributed by atoms with E-state index >= 15 is 0 Å². The monoisotopic (exact) mass is 374 g/mol. The first-order valence-electron chi connectivity index (χ1n) is 9.42. The van der Waals surface area contributed by atoms with Crippen molar-refractivity contribution in [1.29, 1.82) is 0 Å². The smallest absolute Gasteiger partial charge is 0.255 e. The van der Waals surface area contributed by atoms with Gasteiger partial charge in [-0.3, -0.25) is 9.59 Å². The van der Waals surface area contributed by atoms with Gasteiger partial charge in [0.05, 0.1) is 12.3 Å². The van der Waals surface area contributed by atoms with Crippen molar-refractivity contribution in [2.45, 2.75) is 25.3 Å². The molecule has 3 aromatic rings. The van der Waals surface area contributed by atoms with E-state index in [2.05, 4.69) is 10.6 Å². The fourth-order valence-corrected chi connectivity index (χ4v) is 3.38. The van der Waals surface area contributed by atoms with Crippen LogP contribution in [0.25, 0.3) is 0 Å². The molecular formula is C23H22N2O3. The molecule has 4 rings (SSSR count). The van der Waals surface area contributed by atoms with Crippen LogP contribution in [0.4, 0.5) is 5.69 Å². The molecule has 3 unspecified atom stereocenters. The Hall–Kier alpha value is -3.34. The van der Waals surface area contributed by atoms with E-state index in [9.17, 15) is 9.59 Å². The maximum Gasteiger partial charge on any atom is 0.255 e. The Balaban J connectivity index is 1.37. The second-order valence-corrected chi connectivity index (χ2v) is 7.14. The van der Waals surface area contributed by atoms with Crippen LogP contribution in [-0.4, -0.2) is 11.8 Å². The van der Waals surface area contributed by atoms with Gasteiger partial charge in [0, 0.05) is 23.1 Å². The van der Waals surface area contributed by atoms with Gasteiger partial charge in [0.1, 0.15) is 5.76 Å². The van der Waals surface area contributed by atoms with Crippen molar-refractivity contribution in [3.05, 3.63) is 89.9 Å². The van der Waals surface area contributed by atoms with Gasteiger partial charge in [0.25, 0.3) is 5.91 Å². The molecule has 0 radical (unpaired) electrons. The Morgan fingerprint density at radius 3 is 2.61 bits per heavy atom. The minimum absolute atomic E-state index is 0.0328. The van der Waals surface area contributed by atoms with Gasteiger partial charge in [-0.15, -0.1) is 0 Å². The highest BCUT2D eigenvalue weighted by Crippen LogP contribution is 2.47. The number of amides is 2. The second kappa shape index (κ2) is 7.72. The maximum absolute atomic E-state index is 12.5. The van der Waals surface area contributed by atoms with Gasteiger partial charge in [-0.05, 0) is 55.3 Å². The number of hydrogen-bond acceptors (Lipinski definition) is 3. The number of rotatable bonds is 6. The Labute approximate surface area is 163 Å². The molecule has 1 aromatic heterocycles. The predicted octanol–water partition coefficient (Wildman–Crippen LogP) is 4.51. The van der Waals surface area contributed by atoms with Crippen LogP contribution in [0.3, 0.4) is 0 Å². The first-order chi connectivity index (χ1) is 13.6. The number of hydrogen-bond donors (Lipinski definition) is 2. The lowest BCUT2D eigenvalue weighted by molar-refractivity contribution is -0.123. The van der Waals surface area contributed by atoms with Gasteiger partial charge >= 0.3 is 0 Å². The third-order valence-electron chi connectivity index (χ3n) is 5.08. The molecule has 0 spiro atoms. The molecule has 5 nitrogen and oxygen atoms in total. The average molecular weight is 374 g/mol. The molecule has 1 fully saturated rings. The van der Waals surface area contributed by atoms with E-state index in [4.69, 9.17) is 4.42 Å².